The minimum atomic E-state index is -0.523. The molecule has 5 rings (SSSR count). The SMILES string of the molecule is N#Cc1ccc2nc(CNc3ncnc(-c4ccc5ncccc5c4)c3F)ccc2c1. The fraction of sp³-hybridized carbons (Fsp3) is 0.0417. The molecule has 2 aromatic carbocycles. The van der Waals surface area contributed by atoms with Gasteiger partial charge in [-0.15, -0.1) is 0 Å². The molecule has 148 valence electrons. The van der Waals surface area contributed by atoms with Gasteiger partial charge in [-0.2, -0.15) is 5.26 Å². The largest absolute Gasteiger partial charge is 0.362 e. The topological polar surface area (TPSA) is 87.4 Å². The molecule has 0 aliphatic carbocycles. The molecule has 0 atom stereocenters. The van der Waals surface area contributed by atoms with Crippen LogP contribution in [0.1, 0.15) is 11.3 Å². The number of nitrogens with one attached hydrogen (secondary N) is 1. The standard InChI is InChI=1S/C24H15FN6/c25-22-23(18-5-8-20-16(11-18)2-1-9-27-20)29-14-30-24(22)28-13-19-6-4-17-10-15(12-26)3-7-21(17)31-19/h1-11,14H,13H2,(H,28,29,30). The van der Waals surface area contributed by atoms with Crippen LogP contribution in [0.3, 0.4) is 0 Å². The van der Waals surface area contributed by atoms with Crippen LogP contribution in [0.2, 0.25) is 0 Å². The Morgan fingerprint density at radius 1 is 0.903 bits per heavy atom. The molecule has 31 heavy (non-hydrogen) atoms. The fourth-order valence-corrected chi connectivity index (χ4v) is 3.43. The summed E-state index contributed by atoms with van der Waals surface area (Å²) in [5.41, 5.74) is 3.79. The molecule has 0 saturated heterocycles. The number of nitriles is 1. The van der Waals surface area contributed by atoms with Crippen LogP contribution in [-0.2, 0) is 6.54 Å². The third-order valence-corrected chi connectivity index (χ3v) is 4.98. The van der Waals surface area contributed by atoms with E-state index in [-0.39, 0.29) is 11.5 Å². The van der Waals surface area contributed by atoms with Gasteiger partial charge < -0.3 is 5.32 Å². The highest BCUT2D eigenvalue weighted by Crippen LogP contribution is 2.27. The molecule has 6 nitrogen and oxygen atoms in total. The average molecular weight is 406 g/mol. The Labute approximate surface area is 177 Å². The van der Waals surface area contributed by atoms with Gasteiger partial charge in [-0.3, -0.25) is 9.97 Å². The van der Waals surface area contributed by atoms with Crippen molar-refractivity contribution < 1.29 is 4.39 Å². The molecule has 5 aromatic rings. The normalized spacial score (nSPS) is 10.8. The third-order valence-electron chi connectivity index (χ3n) is 4.98. The Balaban J connectivity index is 1.41. The fourth-order valence-electron chi connectivity index (χ4n) is 3.43. The van der Waals surface area contributed by atoms with Crippen LogP contribution >= 0.6 is 0 Å². The number of fused-ring (bicyclic) bond motifs is 2. The maximum Gasteiger partial charge on any atom is 0.191 e. The first-order valence-corrected chi connectivity index (χ1v) is 9.60. The Kier molecular flexibility index (Phi) is 4.65. The Morgan fingerprint density at radius 2 is 1.77 bits per heavy atom. The number of aromatic nitrogens is 4. The molecule has 3 heterocycles. The van der Waals surface area contributed by atoms with Gasteiger partial charge in [0.05, 0.1) is 34.9 Å². The van der Waals surface area contributed by atoms with Crippen LogP contribution < -0.4 is 5.32 Å². The molecule has 0 aliphatic heterocycles. The van der Waals surface area contributed by atoms with Crippen LogP contribution in [0.25, 0.3) is 33.1 Å². The lowest BCUT2D eigenvalue weighted by atomic mass is 10.1. The summed E-state index contributed by atoms with van der Waals surface area (Å²) in [5.74, 6) is -0.414. The van der Waals surface area contributed by atoms with E-state index in [4.69, 9.17) is 5.26 Å². The summed E-state index contributed by atoms with van der Waals surface area (Å²) >= 11 is 0. The zero-order valence-corrected chi connectivity index (χ0v) is 16.2. The second-order valence-electron chi connectivity index (χ2n) is 6.97. The van der Waals surface area contributed by atoms with Crippen molar-refractivity contribution in [3.63, 3.8) is 0 Å². The van der Waals surface area contributed by atoms with Gasteiger partial charge in [-0.25, -0.2) is 14.4 Å². The average Bonchev–Trinajstić information content (AvgIpc) is 2.82. The molecule has 7 heteroatoms. The predicted molar refractivity (Wildman–Crippen MR) is 117 cm³/mol. The van der Waals surface area contributed by atoms with Crippen LogP contribution in [0.5, 0.6) is 0 Å². The second kappa shape index (κ2) is 7.76. The van der Waals surface area contributed by atoms with Gasteiger partial charge >= 0.3 is 0 Å². The van der Waals surface area contributed by atoms with Gasteiger partial charge in [-0.1, -0.05) is 18.2 Å². The monoisotopic (exact) mass is 406 g/mol. The van der Waals surface area contributed by atoms with Crippen LogP contribution in [-0.4, -0.2) is 19.9 Å². The number of hydrogen-bond donors (Lipinski definition) is 1. The van der Waals surface area contributed by atoms with Gasteiger partial charge in [0.2, 0.25) is 0 Å². The summed E-state index contributed by atoms with van der Waals surface area (Å²) in [6, 6.07) is 20.4. The van der Waals surface area contributed by atoms with Gasteiger partial charge in [0.25, 0.3) is 0 Å². The lowest BCUT2D eigenvalue weighted by Gasteiger charge is -2.10. The highest BCUT2D eigenvalue weighted by atomic mass is 19.1. The van der Waals surface area contributed by atoms with Crippen molar-refractivity contribution >= 4 is 27.6 Å². The minimum absolute atomic E-state index is 0.109. The van der Waals surface area contributed by atoms with E-state index in [0.29, 0.717) is 17.7 Å². The molecular formula is C24H15FN6. The molecule has 0 radical (unpaired) electrons. The maximum atomic E-state index is 15.1. The van der Waals surface area contributed by atoms with Crippen LogP contribution in [0.4, 0.5) is 10.2 Å². The molecule has 0 spiro atoms. The quantitative estimate of drug-likeness (QED) is 0.458. The molecule has 3 aromatic heterocycles. The van der Waals surface area contributed by atoms with Crippen molar-refractivity contribution in [1.29, 1.82) is 5.26 Å². The van der Waals surface area contributed by atoms with Crippen molar-refractivity contribution in [2.45, 2.75) is 6.54 Å². The first-order chi connectivity index (χ1) is 15.2. The highest BCUT2D eigenvalue weighted by molar-refractivity contribution is 5.84. The molecule has 0 bridgehead atoms. The van der Waals surface area contributed by atoms with E-state index < -0.39 is 5.82 Å². The van der Waals surface area contributed by atoms with E-state index in [0.717, 1.165) is 27.5 Å². The predicted octanol–water partition coefficient (Wildman–Crippen LogP) is 4.86. The first kappa shape index (κ1) is 18.6. The smallest absolute Gasteiger partial charge is 0.191 e. The van der Waals surface area contributed by atoms with Gasteiger partial charge in [0.1, 0.15) is 12.0 Å². The number of anilines is 1. The Morgan fingerprint density at radius 3 is 2.68 bits per heavy atom. The van der Waals surface area contributed by atoms with Gasteiger partial charge in [0.15, 0.2) is 11.6 Å². The van der Waals surface area contributed by atoms with Gasteiger partial charge in [0, 0.05) is 22.5 Å². The minimum Gasteiger partial charge on any atom is -0.362 e. The first-order valence-electron chi connectivity index (χ1n) is 9.60. The number of nitrogens with zero attached hydrogens (tertiary/aromatic N) is 5. The second-order valence-corrected chi connectivity index (χ2v) is 6.97. The number of benzene rings is 2. The van der Waals surface area contributed by atoms with Crippen LogP contribution in [0, 0.1) is 17.1 Å². The van der Waals surface area contributed by atoms with E-state index in [1.54, 1.807) is 30.5 Å². The third kappa shape index (κ3) is 3.63. The molecule has 0 unspecified atom stereocenters. The number of halogens is 1. The maximum absolute atomic E-state index is 15.1. The van der Waals surface area contributed by atoms with Crippen molar-refractivity contribution in [3.8, 4) is 17.3 Å². The van der Waals surface area contributed by atoms with E-state index in [1.807, 2.05) is 36.4 Å². The van der Waals surface area contributed by atoms with Crippen LogP contribution in [0.15, 0.2) is 73.2 Å². The molecule has 1 N–H and O–H groups in total. The number of rotatable bonds is 4. The van der Waals surface area contributed by atoms with E-state index in [2.05, 4.69) is 31.3 Å². The highest BCUT2D eigenvalue weighted by Gasteiger charge is 2.14. The van der Waals surface area contributed by atoms with Gasteiger partial charge in [-0.05, 0) is 42.5 Å². The van der Waals surface area contributed by atoms with Crippen molar-refractivity contribution in [3.05, 3.63) is 90.3 Å². The summed E-state index contributed by atoms with van der Waals surface area (Å²) in [6.45, 7) is 0.297. The molecular weight excluding hydrogens is 391 g/mol. The Hall–Kier alpha value is -4.44. The lowest BCUT2D eigenvalue weighted by molar-refractivity contribution is 0.621. The van der Waals surface area contributed by atoms with E-state index >= 15 is 4.39 Å². The number of pyridine rings is 2. The summed E-state index contributed by atoms with van der Waals surface area (Å²) < 4.78 is 15.1. The summed E-state index contributed by atoms with van der Waals surface area (Å²) in [6.07, 6.45) is 3.06. The van der Waals surface area contributed by atoms with E-state index in [9.17, 15) is 0 Å². The summed E-state index contributed by atoms with van der Waals surface area (Å²) in [7, 11) is 0. The molecule has 0 fully saturated rings. The van der Waals surface area contributed by atoms with Crippen molar-refractivity contribution in [1.82, 2.24) is 19.9 Å². The summed E-state index contributed by atoms with van der Waals surface area (Å²) in [4.78, 5) is 17.0. The molecule has 0 saturated carbocycles. The van der Waals surface area contributed by atoms with Crippen molar-refractivity contribution in [2.24, 2.45) is 0 Å². The van der Waals surface area contributed by atoms with Crippen molar-refractivity contribution in [2.75, 3.05) is 5.32 Å². The lowest BCUT2D eigenvalue weighted by Crippen LogP contribution is -2.07. The summed E-state index contributed by atoms with van der Waals surface area (Å²) in [5, 5.41) is 13.8. The van der Waals surface area contributed by atoms with E-state index in [1.165, 1.54) is 6.33 Å². The Bertz CT molecular complexity index is 1470. The molecule has 0 aliphatic rings. The molecule has 0 amide bonds. The number of hydrogen-bond acceptors (Lipinski definition) is 6. The zero-order valence-electron chi connectivity index (χ0n) is 16.2. The zero-order chi connectivity index (χ0) is 21.2.